The molecule has 2 fully saturated rings. The summed E-state index contributed by atoms with van der Waals surface area (Å²) in [7, 11) is 0. The first-order chi connectivity index (χ1) is 8.81. The van der Waals surface area contributed by atoms with Gasteiger partial charge in [-0.1, -0.05) is 6.42 Å². The lowest BCUT2D eigenvalue weighted by atomic mass is 10.1. The molecule has 1 aromatic heterocycles. The van der Waals surface area contributed by atoms with Crippen LogP contribution in [0.3, 0.4) is 0 Å². The number of hydrogen-bond donors (Lipinski definition) is 0. The van der Waals surface area contributed by atoms with Gasteiger partial charge >= 0.3 is 0 Å². The third-order valence-corrected chi connectivity index (χ3v) is 4.47. The molecule has 3 rings (SSSR count). The van der Waals surface area contributed by atoms with Crippen LogP contribution < -0.4 is 0 Å². The van der Waals surface area contributed by atoms with Crippen LogP contribution >= 0.6 is 15.9 Å². The molecule has 2 aliphatic rings. The topological polar surface area (TPSA) is 24.3 Å². The fourth-order valence-electron chi connectivity index (χ4n) is 2.87. The van der Waals surface area contributed by atoms with E-state index in [9.17, 15) is 0 Å². The van der Waals surface area contributed by atoms with Gasteiger partial charge in [0.25, 0.3) is 0 Å². The average molecular weight is 313 g/mol. The minimum atomic E-state index is 0.581. The average Bonchev–Trinajstić information content (AvgIpc) is 2.75. The second kappa shape index (κ2) is 5.72. The number of nitrogens with zero attached hydrogens (tertiary/aromatic N) is 4. The molecule has 2 saturated heterocycles. The van der Waals surface area contributed by atoms with Gasteiger partial charge in [-0.05, 0) is 41.9 Å². The SMILES string of the molecule is Brc1cnn(C2CN(CCN3CCCCC3)C2)c1. The molecular formula is C13H21BrN4. The molecule has 0 unspecified atom stereocenters. The van der Waals surface area contributed by atoms with Gasteiger partial charge in [0, 0.05) is 32.4 Å². The van der Waals surface area contributed by atoms with Crippen molar-refractivity contribution in [3.8, 4) is 0 Å². The van der Waals surface area contributed by atoms with E-state index in [4.69, 9.17) is 0 Å². The zero-order valence-corrected chi connectivity index (χ0v) is 12.3. The summed E-state index contributed by atoms with van der Waals surface area (Å²) < 4.78 is 3.16. The predicted molar refractivity (Wildman–Crippen MR) is 75.7 cm³/mol. The Balaban J connectivity index is 1.37. The monoisotopic (exact) mass is 312 g/mol. The van der Waals surface area contributed by atoms with E-state index in [-0.39, 0.29) is 0 Å². The van der Waals surface area contributed by atoms with Gasteiger partial charge < -0.3 is 4.90 Å². The standard InChI is InChI=1S/C13H21BrN4/c14-12-8-15-18(9-12)13-10-17(11-13)7-6-16-4-2-1-3-5-16/h8-9,13H,1-7,10-11H2. The molecule has 0 N–H and O–H groups in total. The number of rotatable bonds is 4. The number of piperidine rings is 1. The molecule has 0 atom stereocenters. The summed E-state index contributed by atoms with van der Waals surface area (Å²) in [5.41, 5.74) is 0. The van der Waals surface area contributed by atoms with Crippen molar-refractivity contribution in [3.05, 3.63) is 16.9 Å². The maximum absolute atomic E-state index is 4.35. The highest BCUT2D eigenvalue weighted by atomic mass is 79.9. The van der Waals surface area contributed by atoms with E-state index in [1.165, 1.54) is 45.4 Å². The summed E-state index contributed by atoms with van der Waals surface area (Å²) in [6.07, 6.45) is 8.16. The van der Waals surface area contributed by atoms with Crippen LogP contribution in [0.2, 0.25) is 0 Å². The molecule has 0 aromatic carbocycles. The number of halogens is 1. The van der Waals surface area contributed by atoms with Gasteiger partial charge in [-0.15, -0.1) is 0 Å². The fourth-order valence-corrected chi connectivity index (χ4v) is 3.17. The van der Waals surface area contributed by atoms with Crippen LogP contribution in [0.4, 0.5) is 0 Å². The Labute approximate surface area is 117 Å². The Morgan fingerprint density at radius 3 is 2.50 bits per heavy atom. The molecular weight excluding hydrogens is 292 g/mol. The number of likely N-dealkylation sites (tertiary alicyclic amines) is 2. The third-order valence-electron chi connectivity index (χ3n) is 4.06. The van der Waals surface area contributed by atoms with Gasteiger partial charge in [0.1, 0.15) is 0 Å². The van der Waals surface area contributed by atoms with Crippen molar-refractivity contribution in [2.24, 2.45) is 0 Å². The summed E-state index contributed by atoms with van der Waals surface area (Å²) in [4.78, 5) is 5.15. The smallest absolute Gasteiger partial charge is 0.0773 e. The lowest BCUT2D eigenvalue weighted by Crippen LogP contribution is -2.50. The van der Waals surface area contributed by atoms with Gasteiger partial charge in [0.2, 0.25) is 0 Å². The van der Waals surface area contributed by atoms with Crippen LogP contribution in [0.25, 0.3) is 0 Å². The molecule has 18 heavy (non-hydrogen) atoms. The zero-order chi connectivity index (χ0) is 12.4. The molecule has 0 aliphatic carbocycles. The summed E-state index contributed by atoms with van der Waals surface area (Å²) in [6.45, 7) is 7.39. The first-order valence-electron chi connectivity index (χ1n) is 6.95. The summed E-state index contributed by atoms with van der Waals surface area (Å²) in [5, 5.41) is 4.35. The highest BCUT2D eigenvalue weighted by Crippen LogP contribution is 2.22. The van der Waals surface area contributed by atoms with E-state index in [0.29, 0.717) is 6.04 Å². The largest absolute Gasteiger partial charge is 0.302 e. The van der Waals surface area contributed by atoms with Crippen molar-refractivity contribution in [1.29, 1.82) is 0 Å². The molecule has 100 valence electrons. The second-order valence-corrected chi connectivity index (χ2v) is 6.37. The number of aromatic nitrogens is 2. The molecule has 3 heterocycles. The van der Waals surface area contributed by atoms with E-state index in [1.807, 2.05) is 6.20 Å². The van der Waals surface area contributed by atoms with Gasteiger partial charge in [-0.3, -0.25) is 9.58 Å². The van der Waals surface area contributed by atoms with Crippen LogP contribution in [-0.2, 0) is 0 Å². The van der Waals surface area contributed by atoms with E-state index in [2.05, 4.69) is 41.7 Å². The highest BCUT2D eigenvalue weighted by Gasteiger charge is 2.28. The first-order valence-corrected chi connectivity index (χ1v) is 7.75. The van der Waals surface area contributed by atoms with Gasteiger partial charge in [-0.2, -0.15) is 5.10 Å². The summed E-state index contributed by atoms with van der Waals surface area (Å²) in [5.74, 6) is 0. The first kappa shape index (κ1) is 12.6. The number of hydrogen-bond acceptors (Lipinski definition) is 3. The Morgan fingerprint density at radius 2 is 1.83 bits per heavy atom. The lowest BCUT2D eigenvalue weighted by Gasteiger charge is -2.40. The minimum Gasteiger partial charge on any atom is -0.302 e. The lowest BCUT2D eigenvalue weighted by molar-refractivity contribution is 0.0805. The molecule has 4 nitrogen and oxygen atoms in total. The summed E-state index contributed by atoms with van der Waals surface area (Å²) in [6, 6.07) is 0.581. The van der Waals surface area contributed by atoms with Crippen molar-refractivity contribution in [2.45, 2.75) is 25.3 Å². The Hall–Kier alpha value is -0.390. The van der Waals surface area contributed by atoms with Gasteiger partial charge in [0.15, 0.2) is 0 Å². The van der Waals surface area contributed by atoms with Crippen LogP contribution in [0, 0.1) is 0 Å². The van der Waals surface area contributed by atoms with Crippen LogP contribution in [0.1, 0.15) is 25.3 Å². The molecule has 0 saturated carbocycles. The Morgan fingerprint density at radius 1 is 1.11 bits per heavy atom. The molecule has 1 aromatic rings. The van der Waals surface area contributed by atoms with Crippen molar-refractivity contribution < 1.29 is 0 Å². The van der Waals surface area contributed by atoms with Crippen molar-refractivity contribution in [3.63, 3.8) is 0 Å². The molecule has 0 bridgehead atoms. The maximum Gasteiger partial charge on any atom is 0.0773 e. The Bertz CT molecular complexity index is 380. The van der Waals surface area contributed by atoms with Crippen LogP contribution in [0.5, 0.6) is 0 Å². The molecule has 0 spiro atoms. The van der Waals surface area contributed by atoms with Gasteiger partial charge in [0.05, 0.1) is 16.7 Å². The van der Waals surface area contributed by atoms with E-state index < -0.39 is 0 Å². The van der Waals surface area contributed by atoms with Crippen LogP contribution in [-0.4, -0.2) is 58.8 Å². The fraction of sp³-hybridized carbons (Fsp3) is 0.769. The zero-order valence-electron chi connectivity index (χ0n) is 10.8. The Kier molecular flexibility index (Phi) is 4.01. The minimum absolute atomic E-state index is 0.581. The molecule has 5 heteroatoms. The van der Waals surface area contributed by atoms with E-state index in [1.54, 1.807) is 0 Å². The molecule has 0 radical (unpaired) electrons. The van der Waals surface area contributed by atoms with Crippen molar-refractivity contribution in [2.75, 3.05) is 39.3 Å². The molecule has 0 amide bonds. The quantitative estimate of drug-likeness (QED) is 0.850. The summed E-state index contributed by atoms with van der Waals surface area (Å²) >= 11 is 3.45. The third kappa shape index (κ3) is 2.95. The van der Waals surface area contributed by atoms with Crippen molar-refractivity contribution in [1.82, 2.24) is 19.6 Å². The normalized spacial score (nSPS) is 23.2. The van der Waals surface area contributed by atoms with E-state index >= 15 is 0 Å². The highest BCUT2D eigenvalue weighted by molar-refractivity contribution is 9.10. The van der Waals surface area contributed by atoms with Crippen molar-refractivity contribution >= 4 is 15.9 Å². The van der Waals surface area contributed by atoms with E-state index in [0.717, 1.165) is 17.6 Å². The molecule has 2 aliphatic heterocycles. The second-order valence-electron chi connectivity index (χ2n) is 5.45. The predicted octanol–water partition coefficient (Wildman–Crippen LogP) is 1.99. The van der Waals surface area contributed by atoms with Crippen LogP contribution in [0.15, 0.2) is 16.9 Å². The van der Waals surface area contributed by atoms with Gasteiger partial charge in [-0.25, -0.2) is 0 Å². The maximum atomic E-state index is 4.35.